The Kier molecular flexibility index (Phi) is 4.22. The molecule has 0 aliphatic heterocycles. The first-order valence-electron chi connectivity index (χ1n) is 6.20. The predicted octanol–water partition coefficient (Wildman–Crippen LogP) is 3.77. The van der Waals surface area contributed by atoms with E-state index in [1.54, 1.807) is 13.1 Å². The lowest BCUT2D eigenvalue weighted by atomic mass is 10.1. The lowest BCUT2D eigenvalue weighted by molar-refractivity contribution is 0.464. The van der Waals surface area contributed by atoms with Gasteiger partial charge in [-0.15, -0.1) is 0 Å². The molecule has 2 rings (SSSR count). The van der Waals surface area contributed by atoms with Gasteiger partial charge in [-0.2, -0.15) is 0 Å². The van der Waals surface area contributed by atoms with Gasteiger partial charge in [-0.3, -0.25) is 4.98 Å². The molecule has 0 amide bonds. The van der Waals surface area contributed by atoms with E-state index in [2.05, 4.69) is 10.3 Å². The van der Waals surface area contributed by atoms with Crippen molar-refractivity contribution in [1.82, 2.24) is 10.3 Å². The second kappa shape index (κ2) is 5.89. The van der Waals surface area contributed by atoms with E-state index >= 15 is 0 Å². The Balaban J connectivity index is 2.13. The fourth-order valence-corrected chi connectivity index (χ4v) is 2.03. The molecule has 2 aromatic rings. The smallest absolute Gasteiger partial charge is 0.128 e. The highest BCUT2D eigenvalue weighted by atomic mass is 19.1. The van der Waals surface area contributed by atoms with Crippen LogP contribution in [-0.4, -0.2) is 4.98 Å². The minimum absolute atomic E-state index is 0.0427. The Bertz CT molecular complexity index is 543. The zero-order chi connectivity index (χ0) is 13.8. The highest BCUT2D eigenvalue weighted by molar-refractivity contribution is 5.22. The number of nitrogens with one attached hydrogen (secondary N) is 1. The minimum atomic E-state index is -0.435. The van der Waals surface area contributed by atoms with Crippen LogP contribution in [0, 0.1) is 11.6 Å². The van der Waals surface area contributed by atoms with Gasteiger partial charge in [0.25, 0.3) is 0 Å². The number of hydrogen-bond donors (Lipinski definition) is 1. The Morgan fingerprint density at radius 1 is 1.05 bits per heavy atom. The second-order valence-electron chi connectivity index (χ2n) is 4.53. The van der Waals surface area contributed by atoms with Crippen LogP contribution in [0.15, 0.2) is 42.6 Å². The van der Waals surface area contributed by atoms with Crippen LogP contribution in [0.25, 0.3) is 0 Å². The Morgan fingerprint density at radius 2 is 1.84 bits per heavy atom. The summed E-state index contributed by atoms with van der Waals surface area (Å²) in [6.07, 6.45) is 1.71. The maximum Gasteiger partial charge on any atom is 0.128 e. The zero-order valence-corrected chi connectivity index (χ0v) is 10.9. The van der Waals surface area contributed by atoms with Crippen molar-refractivity contribution in [2.75, 3.05) is 0 Å². The Hall–Kier alpha value is -1.81. The highest BCUT2D eigenvalue weighted by Crippen LogP contribution is 2.21. The van der Waals surface area contributed by atoms with Crippen molar-refractivity contribution in [1.29, 1.82) is 0 Å². The molecule has 0 aliphatic rings. The van der Waals surface area contributed by atoms with E-state index in [4.69, 9.17) is 0 Å². The number of pyridine rings is 1. The van der Waals surface area contributed by atoms with E-state index in [0.717, 1.165) is 17.8 Å². The van der Waals surface area contributed by atoms with Crippen molar-refractivity contribution >= 4 is 0 Å². The molecule has 2 nitrogen and oxygen atoms in total. The second-order valence-corrected chi connectivity index (χ2v) is 4.53. The van der Waals surface area contributed by atoms with Gasteiger partial charge in [0, 0.05) is 23.8 Å². The molecule has 0 saturated heterocycles. The standard InChI is InChI=1S/C15H16F2N2/c1-10(13-9-12(16)6-7-14(13)17)19-11(2)15-5-3-4-8-18-15/h3-11,19H,1-2H3/t10?,11-/m0/s1. The molecule has 0 saturated carbocycles. The lowest BCUT2D eigenvalue weighted by Gasteiger charge is -2.20. The maximum absolute atomic E-state index is 13.7. The third-order valence-electron chi connectivity index (χ3n) is 3.06. The quantitative estimate of drug-likeness (QED) is 0.907. The van der Waals surface area contributed by atoms with E-state index < -0.39 is 11.6 Å². The summed E-state index contributed by atoms with van der Waals surface area (Å²) in [4.78, 5) is 4.24. The van der Waals surface area contributed by atoms with Crippen molar-refractivity contribution in [3.8, 4) is 0 Å². The molecule has 19 heavy (non-hydrogen) atoms. The van der Waals surface area contributed by atoms with E-state index in [0.29, 0.717) is 5.56 Å². The number of hydrogen-bond acceptors (Lipinski definition) is 2. The van der Waals surface area contributed by atoms with Gasteiger partial charge in [0.15, 0.2) is 0 Å². The number of rotatable bonds is 4. The van der Waals surface area contributed by atoms with Gasteiger partial charge >= 0.3 is 0 Å². The van der Waals surface area contributed by atoms with E-state index in [1.165, 1.54) is 6.07 Å². The molecule has 0 radical (unpaired) electrons. The molecule has 2 atom stereocenters. The average Bonchev–Trinajstić information content (AvgIpc) is 2.42. The Labute approximate surface area is 111 Å². The molecule has 0 aliphatic carbocycles. The fraction of sp³-hybridized carbons (Fsp3) is 0.267. The molecular formula is C15H16F2N2. The van der Waals surface area contributed by atoms with E-state index in [-0.39, 0.29) is 12.1 Å². The third kappa shape index (κ3) is 3.35. The minimum Gasteiger partial charge on any atom is -0.302 e. The van der Waals surface area contributed by atoms with Crippen molar-refractivity contribution < 1.29 is 8.78 Å². The third-order valence-corrected chi connectivity index (χ3v) is 3.06. The van der Waals surface area contributed by atoms with Crippen LogP contribution in [0.4, 0.5) is 8.78 Å². The molecule has 1 aromatic heterocycles. The van der Waals surface area contributed by atoms with E-state index in [9.17, 15) is 8.78 Å². The summed E-state index contributed by atoms with van der Waals surface area (Å²) in [5.74, 6) is -0.842. The van der Waals surface area contributed by atoms with E-state index in [1.807, 2.05) is 25.1 Å². The topological polar surface area (TPSA) is 24.9 Å². The van der Waals surface area contributed by atoms with Gasteiger partial charge in [-0.25, -0.2) is 8.78 Å². The number of benzene rings is 1. The summed E-state index contributed by atoms with van der Waals surface area (Å²) in [5, 5.41) is 3.21. The Morgan fingerprint density at radius 3 is 2.53 bits per heavy atom. The SMILES string of the molecule is CC(N[C@@H](C)c1ccccn1)c1cc(F)ccc1F. The number of nitrogens with zero attached hydrogens (tertiary/aromatic N) is 1. The largest absolute Gasteiger partial charge is 0.302 e. The molecular weight excluding hydrogens is 246 g/mol. The molecule has 1 unspecified atom stereocenters. The summed E-state index contributed by atoms with van der Waals surface area (Å²) >= 11 is 0. The van der Waals surface area contributed by atoms with Crippen LogP contribution in [-0.2, 0) is 0 Å². The molecule has 1 aromatic carbocycles. The van der Waals surface area contributed by atoms with Crippen LogP contribution >= 0.6 is 0 Å². The lowest BCUT2D eigenvalue weighted by Crippen LogP contribution is -2.24. The van der Waals surface area contributed by atoms with Gasteiger partial charge in [-0.1, -0.05) is 6.07 Å². The van der Waals surface area contributed by atoms with Crippen LogP contribution in [0.1, 0.15) is 37.2 Å². The predicted molar refractivity (Wildman–Crippen MR) is 70.6 cm³/mol. The summed E-state index contributed by atoms with van der Waals surface area (Å²) < 4.78 is 26.8. The molecule has 1 N–H and O–H groups in total. The summed E-state index contributed by atoms with van der Waals surface area (Å²) in [6, 6.07) is 8.78. The highest BCUT2D eigenvalue weighted by Gasteiger charge is 2.15. The summed E-state index contributed by atoms with van der Waals surface area (Å²) in [7, 11) is 0. The van der Waals surface area contributed by atoms with Gasteiger partial charge in [0.2, 0.25) is 0 Å². The maximum atomic E-state index is 13.7. The average molecular weight is 262 g/mol. The summed E-state index contributed by atoms with van der Waals surface area (Å²) in [6.45, 7) is 3.74. The van der Waals surface area contributed by atoms with Crippen molar-refractivity contribution in [2.45, 2.75) is 25.9 Å². The van der Waals surface area contributed by atoms with Gasteiger partial charge in [0.05, 0.1) is 5.69 Å². The monoisotopic (exact) mass is 262 g/mol. The van der Waals surface area contributed by atoms with Crippen molar-refractivity contribution in [2.24, 2.45) is 0 Å². The fourth-order valence-electron chi connectivity index (χ4n) is 2.03. The molecule has 0 spiro atoms. The zero-order valence-electron chi connectivity index (χ0n) is 10.9. The molecule has 4 heteroatoms. The first kappa shape index (κ1) is 13.6. The van der Waals surface area contributed by atoms with Gasteiger partial charge in [-0.05, 0) is 44.2 Å². The normalized spacial score (nSPS) is 14.1. The van der Waals surface area contributed by atoms with Crippen molar-refractivity contribution in [3.05, 3.63) is 65.5 Å². The molecule has 1 heterocycles. The number of aromatic nitrogens is 1. The molecule has 0 bridgehead atoms. The van der Waals surface area contributed by atoms with Crippen LogP contribution in [0.5, 0.6) is 0 Å². The van der Waals surface area contributed by atoms with Crippen molar-refractivity contribution in [3.63, 3.8) is 0 Å². The van der Waals surface area contributed by atoms with Crippen LogP contribution in [0.2, 0.25) is 0 Å². The summed E-state index contributed by atoms with van der Waals surface area (Å²) in [5.41, 5.74) is 1.19. The first-order chi connectivity index (χ1) is 9.08. The number of halogens is 2. The van der Waals surface area contributed by atoms with Gasteiger partial charge < -0.3 is 5.32 Å². The molecule has 0 fully saturated rings. The molecule has 100 valence electrons. The van der Waals surface area contributed by atoms with Crippen LogP contribution < -0.4 is 5.32 Å². The van der Waals surface area contributed by atoms with Crippen LogP contribution in [0.3, 0.4) is 0 Å². The van der Waals surface area contributed by atoms with Gasteiger partial charge in [0.1, 0.15) is 11.6 Å². The first-order valence-corrected chi connectivity index (χ1v) is 6.20.